The molecule has 19 heavy (non-hydrogen) atoms. The van der Waals surface area contributed by atoms with E-state index < -0.39 is 0 Å². The van der Waals surface area contributed by atoms with E-state index in [0.29, 0.717) is 0 Å². The van der Waals surface area contributed by atoms with E-state index in [1.165, 1.54) is 77.0 Å². The second-order valence-electron chi connectivity index (χ2n) is 5.58. The second-order valence-corrected chi connectivity index (χ2v) is 6.03. The van der Waals surface area contributed by atoms with Gasteiger partial charge in [0, 0.05) is 13.2 Å². The number of hydrogen-bond donors (Lipinski definition) is 1. The highest BCUT2D eigenvalue weighted by Gasteiger charge is 1.93. The SMILES string of the molecule is CCCCCCCCCCCCCCOCCCS. The first-order chi connectivity index (χ1) is 9.41. The summed E-state index contributed by atoms with van der Waals surface area (Å²) < 4.78 is 5.52. The van der Waals surface area contributed by atoms with Crippen LogP contribution in [0.2, 0.25) is 0 Å². The first-order valence-electron chi connectivity index (χ1n) is 8.60. The second kappa shape index (κ2) is 18.3. The van der Waals surface area contributed by atoms with Crippen molar-refractivity contribution in [1.82, 2.24) is 0 Å². The molecule has 0 radical (unpaired) electrons. The maximum absolute atomic E-state index is 5.52. The molecule has 0 amide bonds. The molecule has 0 aromatic carbocycles. The van der Waals surface area contributed by atoms with Crippen LogP contribution in [0.4, 0.5) is 0 Å². The van der Waals surface area contributed by atoms with Crippen molar-refractivity contribution < 1.29 is 4.74 Å². The van der Waals surface area contributed by atoms with Gasteiger partial charge in [0.2, 0.25) is 0 Å². The summed E-state index contributed by atoms with van der Waals surface area (Å²) in [4.78, 5) is 0. The average molecular weight is 289 g/mol. The van der Waals surface area contributed by atoms with Crippen molar-refractivity contribution in [3.8, 4) is 0 Å². The van der Waals surface area contributed by atoms with Crippen molar-refractivity contribution in [1.29, 1.82) is 0 Å². The molecule has 0 aromatic rings. The molecule has 0 aliphatic heterocycles. The minimum Gasteiger partial charge on any atom is -0.381 e. The summed E-state index contributed by atoms with van der Waals surface area (Å²) in [5.41, 5.74) is 0. The van der Waals surface area contributed by atoms with Gasteiger partial charge in [-0.2, -0.15) is 12.6 Å². The van der Waals surface area contributed by atoms with Gasteiger partial charge < -0.3 is 4.74 Å². The first kappa shape index (κ1) is 19.3. The highest BCUT2D eigenvalue weighted by molar-refractivity contribution is 7.80. The molecule has 0 aliphatic rings. The third-order valence-corrected chi connectivity index (χ3v) is 3.91. The van der Waals surface area contributed by atoms with E-state index in [0.717, 1.165) is 25.4 Å². The van der Waals surface area contributed by atoms with E-state index in [1.807, 2.05) is 0 Å². The Hall–Kier alpha value is 0.310. The first-order valence-corrected chi connectivity index (χ1v) is 9.23. The minimum atomic E-state index is 0.890. The van der Waals surface area contributed by atoms with Crippen LogP contribution in [0.3, 0.4) is 0 Å². The molecule has 0 fully saturated rings. The van der Waals surface area contributed by atoms with E-state index in [2.05, 4.69) is 19.6 Å². The zero-order chi connectivity index (χ0) is 14.0. The number of hydrogen-bond acceptors (Lipinski definition) is 2. The molecule has 0 aliphatic carbocycles. The lowest BCUT2D eigenvalue weighted by molar-refractivity contribution is 0.131. The molecule has 0 spiro atoms. The topological polar surface area (TPSA) is 9.23 Å². The molecule has 2 heteroatoms. The largest absolute Gasteiger partial charge is 0.381 e. The van der Waals surface area contributed by atoms with Crippen LogP contribution in [-0.2, 0) is 4.74 Å². The molecule has 116 valence electrons. The Balaban J connectivity index is 2.88. The summed E-state index contributed by atoms with van der Waals surface area (Å²) in [7, 11) is 0. The van der Waals surface area contributed by atoms with Crippen LogP contribution in [0.15, 0.2) is 0 Å². The average Bonchev–Trinajstić information content (AvgIpc) is 2.43. The Kier molecular flexibility index (Phi) is 18.6. The van der Waals surface area contributed by atoms with Crippen molar-refractivity contribution in [3.05, 3.63) is 0 Å². The van der Waals surface area contributed by atoms with Crippen molar-refractivity contribution in [2.45, 2.75) is 90.4 Å². The molecule has 0 saturated carbocycles. The lowest BCUT2D eigenvalue weighted by Gasteiger charge is -2.04. The van der Waals surface area contributed by atoms with Gasteiger partial charge in [-0.1, -0.05) is 77.6 Å². The normalized spacial score (nSPS) is 11.1. The Morgan fingerprint density at radius 3 is 1.47 bits per heavy atom. The Morgan fingerprint density at radius 1 is 0.579 bits per heavy atom. The fraction of sp³-hybridized carbons (Fsp3) is 1.00. The van der Waals surface area contributed by atoms with Crippen LogP contribution in [0.25, 0.3) is 0 Å². The van der Waals surface area contributed by atoms with E-state index in [-0.39, 0.29) is 0 Å². The van der Waals surface area contributed by atoms with E-state index >= 15 is 0 Å². The molecule has 0 saturated heterocycles. The number of unbranched alkanes of at least 4 members (excludes halogenated alkanes) is 11. The summed E-state index contributed by atoms with van der Waals surface area (Å²) in [5, 5.41) is 0. The highest BCUT2D eigenvalue weighted by Crippen LogP contribution is 2.11. The van der Waals surface area contributed by atoms with E-state index in [4.69, 9.17) is 4.74 Å². The van der Waals surface area contributed by atoms with Crippen LogP contribution in [0, 0.1) is 0 Å². The van der Waals surface area contributed by atoms with Crippen LogP contribution in [-0.4, -0.2) is 19.0 Å². The zero-order valence-corrected chi connectivity index (χ0v) is 14.1. The van der Waals surface area contributed by atoms with Crippen molar-refractivity contribution in [3.63, 3.8) is 0 Å². The lowest BCUT2D eigenvalue weighted by atomic mass is 10.1. The summed E-state index contributed by atoms with van der Waals surface area (Å²) >= 11 is 4.16. The van der Waals surface area contributed by atoms with Gasteiger partial charge in [0.15, 0.2) is 0 Å². The molecule has 0 atom stereocenters. The fourth-order valence-electron chi connectivity index (χ4n) is 2.31. The fourth-order valence-corrected chi connectivity index (χ4v) is 2.44. The minimum absolute atomic E-state index is 0.890. The van der Waals surface area contributed by atoms with Gasteiger partial charge in [0.05, 0.1) is 0 Å². The quantitative estimate of drug-likeness (QED) is 0.270. The highest BCUT2D eigenvalue weighted by atomic mass is 32.1. The van der Waals surface area contributed by atoms with E-state index in [9.17, 15) is 0 Å². The maximum Gasteiger partial charge on any atom is 0.0473 e. The monoisotopic (exact) mass is 288 g/mol. The summed E-state index contributed by atoms with van der Waals surface area (Å²) in [6, 6.07) is 0. The number of rotatable bonds is 16. The van der Waals surface area contributed by atoms with Gasteiger partial charge in [-0.3, -0.25) is 0 Å². The molecular formula is C17H36OS. The summed E-state index contributed by atoms with van der Waals surface area (Å²) in [6.07, 6.45) is 18.0. The van der Waals surface area contributed by atoms with Gasteiger partial charge in [0.1, 0.15) is 0 Å². The van der Waals surface area contributed by atoms with Crippen LogP contribution < -0.4 is 0 Å². The molecule has 0 heterocycles. The number of ether oxygens (including phenoxy) is 1. The Bertz CT molecular complexity index is 134. The predicted octanol–water partition coefficient (Wildman–Crippen LogP) is 6.02. The van der Waals surface area contributed by atoms with Gasteiger partial charge in [0.25, 0.3) is 0 Å². The summed E-state index contributed by atoms with van der Waals surface area (Å²) in [6.45, 7) is 4.12. The van der Waals surface area contributed by atoms with Gasteiger partial charge in [-0.15, -0.1) is 0 Å². The smallest absolute Gasteiger partial charge is 0.0473 e. The maximum atomic E-state index is 5.52. The third-order valence-electron chi connectivity index (χ3n) is 3.59. The molecule has 1 nitrogen and oxygen atoms in total. The van der Waals surface area contributed by atoms with Crippen LogP contribution in [0.5, 0.6) is 0 Å². The van der Waals surface area contributed by atoms with Crippen LogP contribution in [0.1, 0.15) is 90.4 Å². The van der Waals surface area contributed by atoms with Gasteiger partial charge >= 0.3 is 0 Å². The molecule has 0 N–H and O–H groups in total. The van der Waals surface area contributed by atoms with Crippen molar-refractivity contribution >= 4 is 12.6 Å². The lowest BCUT2D eigenvalue weighted by Crippen LogP contribution is -1.97. The molecule has 0 aromatic heterocycles. The van der Waals surface area contributed by atoms with Crippen molar-refractivity contribution in [2.24, 2.45) is 0 Å². The van der Waals surface area contributed by atoms with Crippen LogP contribution >= 0.6 is 12.6 Å². The third kappa shape index (κ3) is 18.3. The van der Waals surface area contributed by atoms with Crippen molar-refractivity contribution in [2.75, 3.05) is 19.0 Å². The number of thiol groups is 1. The van der Waals surface area contributed by atoms with Gasteiger partial charge in [-0.25, -0.2) is 0 Å². The Morgan fingerprint density at radius 2 is 1.00 bits per heavy atom. The molecular weight excluding hydrogens is 252 g/mol. The van der Waals surface area contributed by atoms with E-state index in [1.54, 1.807) is 0 Å². The Labute approximate surface area is 127 Å². The standard InChI is InChI=1S/C17H36OS/c1-2-3-4-5-6-7-8-9-10-11-12-13-15-18-16-14-17-19/h19H,2-17H2,1H3. The predicted molar refractivity (Wildman–Crippen MR) is 90.4 cm³/mol. The zero-order valence-electron chi connectivity index (χ0n) is 13.2. The molecule has 0 rings (SSSR count). The summed E-state index contributed by atoms with van der Waals surface area (Å²) in [5.74, 6) is 0.943. The molecule has 0 unspecified atom stereocenters. The molecule has 0 bridgehead atoms. The van der Waals surface area contributed by atoms with Gasteiger partial charge in [-0.05, 0) is 18.6 Å².